The van der Waals surface area contributed by atoms with Crippen molar-refractivity contribution in [3.05, 3.63) is 0 Å². The third kappa shape index (κ3) is 4.62. The largest absolute Gasteiger partial charge is 0.381 e. The van der Waals surface area contributed by atoms with E-state index in [1.807, 2.05) is 0 Å². The number of hydrogen-bond acceptors (Lipinski definition) is 2. The van der Waals surface area contributed by atoms with Crippen LogP contribution in [0, 0.1) is 23.2 Å². The van der Waals surface area contributed by atoms with Gasteiger partial charge in [-0.25, -0.2) is 4.79 Å². The van der Waals surface area contributed by atoms with Crippen molar-refractivity contribution in [1.29, 1.82) is 0 Å². The number of nitrogens with one attached hydrogen (secondary N) is 2. The van der Waals surface area contributed by atoms with Gasteiger partial charge in [0.15, 0.2) is 0 Å². The summed E-state index contributed by atoms with van der Waals surface area (Å²) in [4.78, 5) is 12.0. The average Bonchev–Trinajstić information content (AvgIpc) is 2.51. The van der Waals surface area contributed by atoms with E-state index in [4.69, 9.17) is 4.74 Å². The molecule has 0 saturated heterocycles. The minimum atomic E-state index is 0.00861. The molecule has 4 fully saturated rings. The van der Waals surface area contributed by atoms with E-state index in [0.717, 1.165) is 50.4 Å². The van der Waals surface area contributed by atoms with E-state index in [9.17, 15) is 4.79 Å². The summed E-state index contributed by atoms with van der Waals surface area (Å²) in [5.74, 6) is 2.85. The molecule has 23 heavy (non-hydrogen) atoms. The second kappa shape index (κ2) is 7.87. The molecule has 4 aliphatic carbocycles. The highest BCUT2D eigenvalue weighted by Crippen LogP contribution is 2.59. The lowest BCUT2D eigenvalue weighted by Crippen LogP contribution is -2.52. The fraction of sp³-hybridized carbons (Fsp3) is 0.947. The molecule has 0 aliphatic heterocycles. The summed E-state index contributed by atoms with van der Waals surface area (Å²) in [6, 6.07) is 0.00861. The van der Waals surface area contributed by atoms with Gasteiger partial charge in [0.2, 0.25) is 0 Å². The molecule has 0 aromatic rings. The third-order valence-corrected chi connectivity index (χ3v) is 6.18. The summed E-state index contributed by atoms with van der Waals surface area (Å²) < 4.78 is 5.51. The number of unbranched alkanes of at least 4 members (excludes halogenated alkanes) is 1. The van der Waals surface area contributed by atoms with Crippen LogP contribution in [0.25, 0.3) is 0 Å². The molecule has 0 spiro atoms. The topological polar surface area (TPSA) is 50.4 Å². The van der Waals surface area contributed by atoms with Crippen LogP contribution in [-0.4, -0.2) is 32.3 Å². The summed E-state index contributed by atoms with van der Waals surface area (Å²) >= 11 is 0. The highest BCUT2D eigenvalue weighted by molar-refractivity contribution is 5.73. The molecule has 0 radical (unpaired) electrons. The molecule has 2 N–H and O–H groups in total. The standard InChI is InChI=1S/C19H34N2O2/c1-2-3-6-23-7-4-5-20-18(22)21-14-19-11-15-8-16(12-19)10-17(9-15)13-19/h15-17H,2-14H2,1H3,(H2,20,21,22). The molecule has 4 rings (SSSR count). The third-order valence-electron chi connectivity index (χ3n) is 6.18. The maximum absolute atomic E-state index is 12.0. The Morgan fingerprint density at radius 2 is 1.61 bits per heavy atom. The Labute approximate surface area is 141 Å². The average molecular weight is 322 g/mol. The predicted molar refractivity (Wildman–Crippen MR) is 92.4 cm³/mol. The van der Waals surface area contributed by atoms with Crippen LogP contribution < -0.4 is 10.6 Å². The van der Waals surface area contributed by atoms with Crippen molar-refractivity contribution in [2.75, 3.05) is 26.3 Å². The number of rotatable bonds is 9. The fourth-order valence-electron chi connectivity index (χ4n) is 5.56. The van der Waals surface area contributed by atoms with Crippen molar-refractivity contribution in [1.82, 2.24) is 10.6 Å². The molecule has 0 unspecified atom stereocenters. The molecule has 132 valence electrons. The van der Waals surface area contributed by atoms with Crippen LogP contribution in [0.2, 0.25) is 0 Å². The summed E-state index contributed by atoms with van der Waals surface area (Å²) in [6.45, 7) is 5.34. The van der Waals surface area contributed by atoms with Crippen molar-refractivity contribution >= 4 is 6.03 Å². The summed E-state index contributed by atoms with van der Waals surface area (Å²) in [6.07, 6.45) is 11.6. The Bertz CT molecular complexity index is 362. The van der Waals surface area contributed by atoms with Crippen LogP contribution in [0.3, 0.4) is 0 Å². The monoisotopic (exact) mass is 322 g/mol. The van der Waals surface area contributed by atoms with E-state index in [1.54, 1.807) is 0 Å². The van der Waals surface area contributed by atoms with Crippen LogP contribution in [0.1, 0.15) is 64.7 Å². The van der Waals surface area contributed by atoms with Gasteiger partial charge in [-0.15, -0.1) is 0 Å². The maximum Gasteiger partial charge on any atom is 0.314 e. The second-order valence-electron chi connectivity index (χ2n) is 8.35. The molecule has 4 bridgehead atoms. The zero-order chi connectivity index (χ0) is 16.1. The van der Waals surface area contributed by atoms with Crippen molar-refractivity contribution in [2.45, 2.75) is 64.7 Å². The molecule has 0 heterocycles. The molecule has 0 aromatic carbocycles. The quantitative estimate of drug-likeness (QED) is 0.636. The first-order valence-corrected chi connectivity index (χ1v) is 9.78. The number of hydrogen-bond donors (Lipinski definition) is 2. The number of urea groups is 1. The lowest BCUT2D eigenvalue weighted by Gasteiger charge is -2.56. The summed E-state index contributed by atoms with van der Waals surface area (Å²) in [5, 5.41) is 6.14. The van der Waals surface area contributed by atoms with Gasteiger partial charge in [0.25, 0.3) is 0 Å². The first-order chi connectivity index (χ1) is 11.2. The molecule has 4 nitrogen and oxygen atoms in total. The van der Waals surface area contributed by atoms with Crippen LogP contribution in [-0.2, 0) is 4.74 Å². The number of carbonyl (C=O) groups is 1. The van der Waals surface area contributed by atoms with Crippen LogP contribution in [0.5, 0.6) is 0 Å². The first-order valence-electron chi connectivity index (χ1n) is 9.78. The number of amides is 2. The van der Waals surface area contributed by atoms with Gasteiger partial charge in [0.1, 0.15) is 0 Å². The minimum absolute atomic E-state index is 0.00861. The van der Waals surface area contributed by atoms with Crippen LogP contribution in [0.4, 0.5) is 4.79 Å². The minimum Gasteiger partial charge on any atom is -0.381 e. The van der Waals surface area contributed by atoms with Crippen molar-refractivity contribution in [3.63, 3.8) is 0 Å². The predicted octanol–water partition coefficient (Wildman–Crippen LogP) is 3.71. The normalized spacial score (nSPS) is 34.6. The number of ether oxygens (including phenoxy) is 1. The summed E-state index contributed by atoms with van der Waals surface area (Å²) in [5.41, 5.74) is 0.426. The Kier molecular flexibility index (Phi) is 5.84. The Morgan fingerprint density at radius 1 is 1.00 bits per heavy atom. The maximum atomic E-state index is 12.0. The van der Waals surface area contributed by atoms with Gasteiger partial charge in [-0.1, -0.05) is 13.3 Å². The molecule has 4 heteroatoms. The van der Waals surface area contributed by atoms with Crippen molar-refractivity contribution in [2.24, 2.45) is 23.2 Å². The molecule has 0 atom stereocenters. The van der Waals surface area contributed by atoms with Gasteiger partial charge in [-0.2, -0.15) is 0 Å². The van der Waals surface area contributed by atoms with Gasteiger partial charge in [-0.05, 0) is 74.5 Å². The SMILES string of the molecule is CCCCOCCCNC(=O)NCC12CC3CC(CC(C3)C1)C2. The lowest BCUT2D eigenvalue weighted by molar-refractivity contribution is -0.0498. The molecule has 2 amide bonds. The van der Waals surface area contributed by atoms with Gasteiger partial charge < -0.3 is 15.4 Å². The van der Waals surface area contributed by atoms with Crippen molar-refractivity contribution in [3.8, 4) is 0 Å². The number of carbonyl (C=O) groups excluding carboxylic acids is 1. The van der Waals surface area contributed by atoms with E-state index < -0.39 is 0 Å². The Balaban J connectivity index is 1.29. The summed E-state index contributed by atoms with van der Waals surface area (Å²) in [7, 11) is 0. The highest BCUT2D eigenvalue weighted by atomic mass is 16.5. The highest BCUT2D eigenvalue weighted by Gasteiger charge is 2.50. The second-order valence-corrected chi connectivity index (χ2v) is 8.35. The van der Waals surface area contributed by atoms with Crippen LogP contribution >= 0.6 is 0 Å². The van der Waals surface area contributed by atoms with Gasteiger partial charge in [0.05, 0.1) is 0 Å². The van der Waals surface area contributed by atoms with E-state index in [1.165, 1.54) is 44.9 Å². The molecule has 0 aromatic heterocycles. The Hall–Kier alpha value is -0.770. The molecule has 4 aliphatic rings. The van der Waals surface area contributed by atoms with Gasteiger partial charge >= 0.3 is 6.03 Å². The molecular formula is C19H34N2O2. The zero-order valence-corrected chi connectivity index (χ0v) is 14.7. The van der Waals surface area contributed by atoms with E-state index in [-0.39, 0.29) is 6.03 Å². The van der Waals surface area contributed by atoms with Crippen molar-refractivity contribution < 1.29 is 9.53 Å². The molecule has 4 saturated carbocycles. The fourth-order valence-corrected chi connectivity index (χ4v) is 5.56. The smallest absolute Gasteiger partial charge is 0.314 e. The zero-order valence-electron chi connectivity index (χ0n) is 14.7. The van der Waals surface area contributed by atoms with Crippen LogP contribution in [0.15, 0.2) is 0 Å². The lowest BCUT2D eigenvalue weighted by atomic mass is 9.49. The first kappa shape index (κ1) is 17.1. The van der Waals surface area contributed by atoms with E-state index in [2.05, 4.69) is 17.6 Å². The van der Waals surface area contributed by atoms with E-state index in [0.29, 0.717) is 12.0 Å². The Morgan fingerprint density at radius 3 is 2.22 bits per heavy atom. The molecular weight excluding hydrogens is 288 g/mol. The van der Waals surface area contributed by atoms with E-state index >= 15 is 0 Å². The van der Waals surface area contributed by atoms with Gasteiger partial charge in [-0.3, -0.25) is 0 Å². The van der Waals surface area contributed by atoms with Gasteiger partial charge in [0, 0.05) is 26.3 Å².